The number of halogens is 1. The van der Waals surface area contributed by atoms with Gasteiger partial charge in [-0.05, 0) is 48.6 Å². The Morgan fingerprint density at radius 2 is 1.93 bits per heavy atom. The molecular weight excluding hydrogens is 349 g/mol. The largest absolute Gasteiger partial charge is 0.310 e. The second kappa shape index (κ2) is 6.74. The van der Waals surface area contributed by atoms with Crippen LogP contribution in [-0.2, 0) is 17.6 Å². The van der Waals surface area contributed by atoms with Crippen LogP contribution < -0.4 is 4.90 Å². The third-order valence-corrected chi connectivity index (χ3v) is 5.59. The third-order valence-electron chi connectivity index (χ3n) is 5.59. The summed E-state index contributed by atoms with van der Waals surface area (Å²) in [6.07, 6.45) is 1.47. The molecule has 27 heavy (non-hydrogen) atoms. The van der Waals surface area contributed by atoms with E-state index >= 15 is 0 Å². The minimum atomic E-state index is -0.445. The molecule has 0 aromatic heterocycles. The summed E-state index contributed by atoms with van der Waals surface area (Å²) in [5, 5.41) is 11.0. The van der Waals surface area contributed by atoms with Crippen LogP contribution in [0.3, 0.4) is 0 Å². The van der Waals surface area contributed by atoms with Crippen LogP contribution in [0.25, 0.3) is 0 Å². The first-order valence-electron chi connectivity index (χ1n) is 9.04. The normalized spacial score (nSPS) is 18.9. The van der Waals surface area contributed by atoms with Crippen LogP contribution in [0.4, 0.5) is 15.8 Å². The number of carbonyl (C=O) groups is 1. The molecular formula is C20H20FN3O3. The molecule has 2 aliphatic heterocycles. The molecule has 4 rings (SSSR count). The van der Waals surface area contributed by atoms with Crippen molar-refractivity contribution in [1.29, 1.82) is 0 Å². The standard InChI is InChI=1S/C20H20FN3O3/c1-13-18-10-16(21)4-2-14(18)6-8-22(13)12-20(25)23-9-7-15-3-5-17(24(26)27)11-19(15)23/h2-5,10-11,13H,6-9,12H2,1H3. The second-order valence-electron chi connectivity index (χ2n) is 7.11. The first-order valence-corrected chi connectivity index (χ1v) is 9.04. The number of nitro groups is 1. The minimum absolute atomic E-state index is 0.0100. The van der Waals surface area contributed by atoms with E-state index in [2.05, 4.69) is 0 Å². The number of non-ortho nitro benzene ring substituents is 1. The van der Waals surface area contributed by atoms with Gasteiger partial charge in [-0.1, -0.05) is 12.1 Å². The molecule has 0 bridgehead atoms. The van der Waals surface area contributed by atoms with Crippen molar-refractivity contribution in [3.63, 3.8) is 0 Å². The van der Waals surface area contributed by atoms with E-state index in [1.165, 1.54) is 18.2 Å². The van der Waals surface area contributed by atoms with E-state index in [1.807, 2.05) is 17.9 Å². The topological polar surface area (TPSA) is 66.7 Å². The molecule has 0 fully saturated rings. The molecule has 2 aromatic rings. The molecule has 0 aliphatic carbocycles. The van der Waals surface area contributed by atoms with Crippen LogP contribution in [0.5, 0.6) is 0 Å². The fourth-order valence-corrected chi connectivity index (χ4v) is 4.05. The highest BCUT2D eigenvalue weighted by atomic mass is 19.1. The summed E-state index contributed by atoms with van der Waals surface area (Å²) in [6, 6.07) is 9.46. The highest BCUT2D eigenvalue weighted by Crippen LogP contribution is 2.33. The fourth-order valence-electron chi connectivity index (χ4n) is 4.05. The van der Waals surface area contributed by atoms with Crippen LogP contribution >= 0.6 is 0 Å². The maximum atomic E-state index is 13.6. The van der Waals surface area contributed by atoms with E-state index in [1.54, 1.807) is 17.0 Å². The van der Waals surface area contributed by atoms with Gasteiger partial charge in [-0.3, -0.25) is 19.8 Å². The number of fused-ring (bicyclic) bond motifs is 2. The van der Waals surface area contributed by atoms with Crippen molar-refractivity contribution in [3.8, 4) is 0 Å². The Hall–Kier alpha value is -2.80. The molecule has 0 saturated carbocycles. The second-order valence-corrected chi connectivity index (χ2v) is 7.11. The lowest BCUT2D eigenvalue weighted by atomic mass is 9.93. The number of rotatable bonds is 3. The van der Waals surface area contributed by atoms with Gasteiger partial charge in [-0.2, -0.15) is 0 Å². The van der Waals surface area contributed by atoms with Gasteiger partial charge in [-0.25, -0.2) is 4.39 Å². The Morgan fingerprint density at radius 1 is 1.19 bits per heavy atom. The zero-order valence-electron chi connectivity index (χ0n) is 15.0. The summed E-state index contributed by atoms with van der Waals surface area (Å²) < 4.78 is 13.6. The number of benzene rings is 2. The predicted molar refractivity (Wildman–Crippen MR) is 99.2 cm³/mol. The predicted octanol–water partition coefficient (Wildman–Crippen LogP) is 3.24. The van der Waals surface area contributed by atoms with E-state index in [4.69, 9.17) is 0 Å². The van der Waals surface area contributed by atoms with Gasteiger partial charge < -0.3 is 4.90 Å². The maximum absolute atomic E-state index is 13.6. The number of carbonyl (C=O) groups excluding carboxylic acids is 1. The summed E-state index contributed by atoms with van der Waals surface area (Å²) in [5.41, 5.74) is 3.61. The molecule has 0 N–H and O–H groups in total. The van der Waals surface area contributed by atoms with Crippen LogP contribution in [-0.4, -0.2) is 35.4 Å². The Labute approximate surface area is 156 Å². The van der Waals surface area contributed by atoms with Gasteiger partial charge in [0.05, 0.1) is 17.2 Å². The molecule has 0 radical (unpaired) electrons. The van der Waals surface area contributed by atoms with E-state index < -0.39 is 4.92 Å². The van der Waals surface area contributed by atoms with E-state index in [0.717, 1.165) is 29.7 Å². The first kappa shape index (κ1) is 17.6. The fraction of sp³-hybridized carbons (Fsp3) is 0.350. The van der Waals surface area contributed by atoms with Gasteiger partial charge in [0.25, 0.3) is 5.69 Å². The van der Waals surface area contributed by atoms with Crippen LogP contribution in [0.15, 0.2) is 36.4 Å². The van der Waals surface area contributed by atoms with E-state index in [0.29, 0.717) is 18.7 Å². The molecule has 1 atom stereocenters. The van der Waals surface area contributed by atoms with Gasteiger partial charge in [0.2, 0.25) is 5.91 Å². The number of amides is 1. The first-order chi connectivity index (χ1) is 12.9. The Morgan fingerprint density at radius 3 is 2.70 bits per heavy atom. The molecule has 140 valence electrons. The molecule has 1 unspecified atom stereocenters. The lowest BCUT2D eigenvalue weighted by Gasteiger charge is -2.35. The smallest absolute Gasteiger partial charge is 0.271 e. The number of anilines is 1. The van der Waals surface area contributed by atoms with E-state index in [-0.39, 0.29) is 30.0 Å². The summed E-state index contributed by atoms with van der Waals surface area (Å²) in [6.45, 7) is 3.44. The van der Waals surface area contributed by atoms with Crippen LogP contribution in [0.1, 0.15) is 29.7 Å². The molecule has 2 heterocycles. The van der Waals surface area contributed by atoms with Crippen molar-refractivity contribution in [2.75, 3.05) is 24.5 Å². The molecule has 2 aromatic carbocycles. The summed E-state index contributed by atoms with van der Waals surface area (Å²) in [4.78, 5) is 27.2. The lowest BCUT2D eigenvalue weighted by Crippen LogP contribution is -2.43. The number of hydrogen-bond donors (Lipinski definition) is 0. The monoisotopic (exact) mass is 369 g/mol. The Kier molecular flexibility index (Phi) is 4.39. The lowest BCUT2D eigenvalue weighted by molar-refractivity contribution is -0.384. The van der Waals surface area contributed by atoms with Gasteiger partial charge in [0, 0.05) is 31.3 Å². The molecule has 0 saturated heterocycles. The van der Waals surface area contributed by atoms with Crippen LogP contribution in [0, 0.1) is 15.9 Å². The molecule has 6 nitrogen and oxygen atoms in total. The van der Waals surface area contributed by atoms with Gasteiger partial charge in [0.1, 0.15) is 5.82 Å². The van der Waals surface area contributed by atoms with Gasteiger partial charge in [-0.15, -0.1) is 0 Å². The van der Waals surface area contributed by atoms with Crippen molar-refractivity contribution in [2.45, 2.75) is 25.8 Å². The quantitative estimate of drug-likeness (QED) is 0.615. The average Bonchev–Trinajstić information content (AvgIpc) is 3.07. The van der Waals surface area contributed by atoms with Crippen molar-refractivity contribution in [1.82, 2.24) is 4.90 Å². The molecule has 0 spiro atoms. The number of nitro benzene ring substituents is 1. The zero-order valence-corrected chi connectivity index (χ0v) is 15.0. The van der Waals surface area contributed by atoms with Crippen molar-refractivity contribution in [2.24, 2.45) is 0 Å². The minimum Gasteiger partial charge on any atom is -0.310 e. The summed E-state index contributed by atoms with van der Waals surface area (Å²) in [7, 11) is 0. The summed E-state index contributed by atoms with van der Waals surface area (Å²) >= 11 is 0. The highest BCUT2D eigenvalue weighted by Gasteiger charge is 2.31. The maximum Gasteiger partial charge on any atom is 0.271 e. The van der Waals surface area contributed by atoms with Crippen LogP contribution in [0.2, 0.25) is 0 Å². The molecule has 7 heteroatoms. The van der Waals surface area contributed by atoms with E-state index in [9.17, 15) is 19.3 Å². The Balaban J connectivity index is 1.53. The highest BCUT2D eigenvalue weighted by molar-refractivity contribution is 5.97. The zero-order chi connectivity index (χ0) is 19.1. The Bertz CT molecular complexity index is 931. The SMILES string of the molecule is CC1c2cc(F)ccc2CCN1CC(=O)N1CCc2ccc([N+](=O)[O-])cc21. The summed E-state index contributed by atoms with van der Waals surface area (Å²) in [5.74, 6) is -0.351. The van der Waals surface area contributed by atoms with Gasteiger partial charge in [0.15, 0.2) is 0 Å². The molecule has 1 amide bonds. The number of nitrogens with zero attached hydrogens (tertiary/aromatic N) is 3. The van der Waals surface area contributed by atoms with Crippen molar-refractivity contribution in [3.05, 3.63) is 69.0 Å². The third kappa shape index (κ3) is 3.19. The van der Waals surface area contributed by atoms with Crippen molar-refractivity contribution < 1.29 is 14.1 Å². The number of hydrogen-bond acceptors (Lipinski definition) is 4. The van der Waals surface area contributed by atoms with Crippen molar-refractivity contribution >= 4 is 17.3 Å². The molecule has 2 aliphatic rings. The van der Waals surface area contributed by atoms with Gasteiger partial charge >= 0.3 is 0 Å². The average molecular weight is 369 g/mol.